The molecule has 0 saturated heterocycles. The van der Waals surface area contributed by atoms with Crippen molar-refractivity contribution in [2.75, 3.05) is 6.61 Å². The molecule has 1 aromatic carbocycles. The molecule has 2 aromatic heterocycles. The number of ether oxygens (including phenoxy) is 1. The van der Waals surface area contributed by atoms with Crippen LogP contribution in [0.15, 0.2) is 53.6 Å². The first kappa shape index (κ1) is 15.2. The molecule has 0 saturated carbocycles. The van der Waals surface area contributed by atoms with E-state index >= 15 is 0 Å². The molecule has 0 fully saturated rings. The summed E-state index contributed by atoms with van der Waals surface area (Å²) in [5, 5.41) is 14.6. The van der Waals surface area contributed by atoms with Crippen molar-refractivity contribution in [1.82, 2.24) is 14.8 Å². The zero-order valence-electron chi connectivity index (χ0n) is 12.7. The van der Waals surface area contributed by atoms with Gasteiger partial charge in [0.1, 0.15) is 18.5 Å². The number of aryl methyl sites for hydroxylation is 1. The zero-order chi connectivity index (χ0) is 16.2. The van der Waals surface area contributed by atoms with Crippen molar-refractivity contribution >= 4 is 10.9 Å². The van der Waals surface area contributed by atoms with Crippen LogP contribution in [-0.4, -0.2) is 32.6 Å². The quantitative estimate of drug-likeness (QED) is 0.773. The number of pyridine rings is 1. The van der Waals surface area contributed by atoms with Gasteiger partial charge in [-0.3, -0.25) is 9.78 Å². The molecule has 2 heterocycles. The fourth-order valence-corrected chi connectivity index (χ4v) is 2.30. The van der Waals surface area contributed by atoms with E-state index in [4.69, 9.17) is 4.74 Å². The molecular weight excluding hydrogens is 294 g/mol. The Morgan fingerprint density at radius 3 is 3.00 bits per heavy atom. The number of aromatic nitrogens is 3. The topological polar surface area (TPSA) is 77.2 Å². The fourth-order valence-electron chi connectivity index (χ4n) is 2.30. The molecule has 3 rings (SSSR count). The number of rotatable bonds is 5. The molecule has 0 radical (unpaired) electrons. The highest BCUT2D eigenvalue weighted by atomic mass is 16.5. The molecule has 0 aliphatic heterocycles. The summed E-state index contributed by atoms with van der Waals surface area (Å²) in [5.74, 6) is 0.687. The van der Waals surface area contributed by atoms with Gasteiger partial charge in [-0.25, -0.2) is 4.68 Å². The lowest BCUT2D eigenvalue weighted by Gasteiger charge is -2.13. The van der Waals surface area contributed by atoms with E-state index in [1.54, 1.807) is 18.3 Å². The van der Waals surface area contributed by atoms with E-state index in [2.05, 4.69) is 10.1 Å². The number of benzene rings is 1. The second-order valence-corrected chi connectivity index (χ2v) is 5.35. The van der Waals surface area contributed by atoms with Crippen LogP contribution >= 0.6 is 0 Å². The second kappa shape index (κ2) is 6.58. The molecule has 6 nitrogen and oxygen atoms in total. The minimum atomic E-state index is -0.838. The van der Waals surface area contributed by atoms with Gasteiger partial charge in [0.05, 0.1) is 23.6 Å². The third kappa shape index (κ3) is 3.54. The van der Waals surface area contributed by atoms with Crippen LogP contribution in [0.4, 0.5) is 0 Å². The Balaban J connectivity index is 1.69. The fraction of sp³-hybridized carbons (Fsp3) is 0.235. The van der Waals surface area contributed by atoms with Crippen molar-refractivity contribution in [1.29, 1.82) is 0 Å². The van der Waals surface area contributed by atoms with Crippen molar-refractivity contribution in [3.8, 4) is 5.75 Å². The summed E-state index contributed by atoms with van der Waals surface area (Å²) in [6, 6.07) is 11.0. The molecule has 0 spiro atoms. The van der Waals surface area contributed by atoms with Crippen LogP contribution in [0.25, 0.3) is 10.9 Å². The van der Waals surface area contributed by atoms with E-state index in [9.17, 15) is 9.90 Å². The smallest absolute Gasteiger partial charge is 0.276 e. The summed E-state index contributed by atoms with van der Waals surface area (Å²) in [7, 11) is 0. The summed E-state index contributed by atoms with van der Waals surface area (Å²) in [5.41, 5.74) is 1.35. The van der Waals surface area contributed by atoms with E-state index in [1.165, 1.54) is 10.9 Å². The van der Waals surface area contributed by atoms with Crippen LogP contribution in [0.3, 0.4) is 0 Å². The summed E-state index contributed by atoms with van der Waals surface area (Å²) in [6.07, 6.45) is 2.29. The molecule has 0 amide bonds. The van der Waals surface area contributed by atoms with Gasteiger partial charge >= 0.3 is 0 Å². The molecule has 1 unspecified atom stereocenters. The predicted molar refractivity (Wildman–Crippen MR) is 86.5 cm³/mol. The van der Waals surface area contributed by atoms with Crippen molar-refractivity contribution in [3.63, 3.8) is 0 Å². The average molecular weight is 311 g/mol. The Morgan fingerprint density at radius 2 is 2.17 bits per heavy atom. The number of aliphatic hydroxyl groups excluding tert-OH is 1. The van der Waals surface area contributed by atoms with Gasteiger partial charge in [-0.2, -0.15) is 5.10 Å². The number of hydrogen-bond acceptors (Lipinski definition) is 5. The van der Waals surface area contributed by atoms with Crippen molar-refractivity contribution in [2.45, 2.75) is 19.6 Å². The van der Waals surface area contributed by atoms with Crippen molar-refractivity contribution in [3.05, 3.63) is 64.7 Å². The minimum absolute atomic E-state index is 0.0650. The van der Waals surface area contributed by atoms with E-state index in [-0.39, 0.29) is 18.7 Å². The summed E-state index contributed by atoms with van der Waals surface area (Å²) in [6.45, 7) is 2.12. The van der Waals surface area contributed by atoms with E-state index in [0.717, 1.165) is 5.56 Å². The van der Waals surface area contributed by atoms with Gasteiger partial charge in [-0.1, -0.05) is 12.1 Å². The lowest BCUT2D eigenvalue weighted by molar-refractivity contribution is 0.0881. The minimum Gasteiger partial charge on any atom is -0.491 e. The van der Waals surface area contributed by atoms with Crippen molar-refractivity contribution < 1.29 is 9.84 Å². The van der Waals surface area contributed by atoms with E-state index in [0.29, 0.717) is 16.7 Å². The van der Waals surface area contributed by atoms with E-state index < -0.39 is 6.10 Å². The predicted octanol–water partition coefficient (Wildman–Crippen LogP) is 1.54. The SMILES string of the molecule is Cc1cccc(OCC(O)Cn2ncc3ncccc3c2=O)c1. The monoisotopic (exact) mass is 311 g/mol. The lowest BCUT2D eigenvalue weighted by Crippen LogP contribution is -2.31. The van der Waals surface area contributed by atoms with Gasteiger partial charge in [0.15, 0.2) is 0 Å². The van der Waals surface area contributed by atoms with Gasteiger partial charge in [-0.15, -0.1) is 0 Å². The van der Waals surface area contributed by atoms with Gasteiger partial charge in [0.25, 0.3) is 5.56 Å². The molecule has 1 N–H and O–H groups in total. The third-order valence-electron chi connectivity index (χ3n) is 3.44. The first-order valence-corrected chi connectivity index (χ1v) is 7.32. The first-order chi connectivity index (χ1) is 11.1. The number of nitrogens with zero attached hydrogens (tertiary/aromatic N) is 3. The maximum Gasteiger partial charge on any atom is 0.276 e. The third-order valence-corrected chi connectivity index (χ3v) is 3.44. The molecule has 0 bridgehead atoms. The standard InChI is InChI=1S/C17H17N3O3/c1-12-4-2-5-14(8-12)23-11-13(21)10-20-17(22)15-6-3-7-18-16(15)9-19-20/h2-9,13,21H,10-11H2,1H3. The molecule has 118 valence electrons. The molecule has 6 heteroatoms. The van der Waals surface area contributed by atoms with E-state index in [1.807, 2.05) is 31.2 Å². The Hall–Kier alpha value is -2.73. The molecule has 23 heavy (non-hydrogen) atoms. The Bertz CT molecular complexity index is 876. The molecule has 0 aliphatic carbocycles. The molecule has 1 atom stereocenters. The highest BCUT2D eigenvalue weighted by molar-refractivity contribution is 5.75. The van der Waals surface area contributed by atoms with Crippen molar-refractivity contribution in [2.24, 2.45) is 0 Å². The number of hydrogen-bond donors (Lipinski definition) is 1. The molecule has 0 aliphatic rings. The number of aliphatic hydroxyl groups is 1. The van der Waals surface area contributed by atoms with Gasteiger partial charge in [0, 0.05) is 6.20 Å². The summed E-state index contributed by atoms with van der Waals surface area (Å²) < 4.78 is 6.77. The lowest BCUT2D eigenvalue weighted by atomic mass is 10.2. The Kier molecular flexibility index (Phi) is 4.34. The van der Waals surface area contributed by atoms with Crippen LogP contribution < -0.4 is 10.3 Å². The maximum atomic E-state index is 12.3. The average Bonchev–Trinajstić information content (AvgIpc) is 2.56. The van der Waals surface area contributed by atoms with Crippen LogP contribution in [0.1, 0.15) is 5.56 Å². The van der Waals surface area contributed by atoms with Gasteiger partial charge in [0.2, 0.25) is 0 Å². The van der Waals surface area contributed by atoms with Crippen LogP contribution in [-0.2, 0) is 6.54 Å². The van der Waals surface area contributed by atoms with Gasteiger partial charge in [-0.05, 0) is 36.8 Å². The van der Waals surface area contributed by atoms with Crippen LogP contribution in [0.2, 0.25) is 0 Å². The highest BCUT2D eigenvalue weighted by Crippen LogP contribution is 2.12. The van der Waals surface area contributed by atoms with Gasteiger partial charge < -0.3 is 9.84 Å². The van der Waals surface area contributed by atoms with Crippen LogP contribution in [0, 0.1) is 6.92 Å². The normalized spacial score (nSPS) is 12.3. The molecule has 3 aromatic rings. The molecular formula is C17H17N3O3. The number of fused-ring (bicyclic) bond motifs is 1. The second-order valence-electron chi connectivity index (χ2n) is 5.35. The maximum absolute atomic E-state index is 12.3. The first-order valence-electron chi connectivity index (χ1n) is 7.32. The summed E-state index contributed by atoms with van der Waals surface area (Å²) in [4.78, 5) is 16.4. The summed E-state index contributed by atoms with van der Waals surface area (Å²) >= 11 is 0. The highest BCUT2D eigenvalue weighted by Gasteiger charge is 2.11. The van der Waals surface area contributed by atoms with Crippen LogP contribution in [0.5, 0.6) is 5.75 Å². The zero-order valence-corrected chi connectivity index (χ0v) is 12.7. The Labute approximate surface area is 133 Å². The Morgan fingerprint density at radius 1 is 1.30 bits per heavy atom. The largest absolute Gasteiger partial charge is 0.491 e.